The predicted octanol–water partition coefficient (Wildman–Crippen LogP) is 2.02. The molecule has 1 amide bonds. The lowest BCUT2D eigenvalue weighted by molar-refractivity contribution is -0.137. The molecule has 0 aromatic heterocycles. The SMILES string of the molecule is CC(C)C(N)CC(=O)Nc1ccc(CCC(=O)O)cc1. The number of carbonyl (C=O) groups is 2. The summed E-state index contributed by atoms with van der Waals surface area (Å²) in [6, 6.07) is 7.04. The zero-order chi connectivity index (χ0) is 15.1. The third-order valence-electron chi connectivity index (χ3n) is 3.14. The van der Waals surface area contributed by atoms with Crippen LogP contribution in [0.25, 0.3) is 0 Å². The van der Waals surface area contributed by atoms with Crippen molar-refractivity contribution in [1.29, 1.82) is 0 Å². The van der Waals surface area contributed by atoms with Crippen LogP contribution in [0.4, 0.5) is 5.69 Å². The van der Waals surface area contributed by atoms with E-state index in [2.05, 4.69) is 5.32 Å². The fourth-order valence-corrected chi connectivity index (χ4v) is 1.67. The lowest BCUT2D eigenvalue weighted by Gasteiger charge is -2.15. The van der Waals surface area contributed by atoms with Crippen molar-refractivity contribution in [3.63, 3.8) is 0 Å². The number of carbonyl (C=O) groups excluding carboxylic acids is 1. The average Bonchev–Trinajstić information content (AvgIpc) is 2.37. The van der Waals surface area contributed by atoms with Crippen LogP contribution < -0.4 is 11.1 Å². The first-order valence-electron chi connectivity index (χ1n) is 6.74. The normalized spacial score (nSPS) is 12.2. The van der Waals surface area contributed by atoms with E-state index in [-0.39, 0.29) is 24.3 Å². The first kappa shape index (κ1) is 16.2. The summed E-state index contributed by atoms with van der Waals surface area (Å²) in [5, 5.41) is 11.4. The molecule has 0 spiro atoms. The van der Waals surface area contributed by atoms with Crippen LogP contribution in [-0.4, -0.2) is 23.0 Å². The van der Waals surface area contributed by atoms with Crippen molar-refractivity contribution < 1.29 is 14.7 Å². The zero-order valence-electron chi connectivity index (χ0n) is 11.9. The number of rotatable bonds is 7. The lowest BCUT2D eigenvalue weighted by atomic mass is 10.0. The fraction of sp³-hybridized carbons (Fsp3) is 0.467. The Kier molecular flexibility index (Phi) is 6.18. The number of hydrogen-bond donors (Lipinski definition) is 3. The summed E-state index contributed by atoms with van der Waals surface area (Å²) in [5.41, 5.74) is 7.48. The Labute approximate surface area is 119 Å². The number of anilines is 1. The van der Waals surface area contributed by atoms with Gasteiger partial charge >= 0.3 is 5.97 Å². The molecule has 110 valence electrons. The zero-order valence-corrected chi connectivity index (χ0v) is 11.9. The number of hydrogen-bond acceptors (Lipinski definition) is 3. The number of carboxylic acid groups (broad SMARTS) is 1. The number of benzene rings is 1. The monoisotopic (exact) mass is 278 g/mol. The van der Waals surface area contributed by atoms with Gasteiger partial charge in [-0.05, 0) is 30.0 Å². The van der Waals surface area contributed by atoms with Crippen LogP contribution >= 0.6 is 0 Å². The van der Waals surface area contributed by atoms with E-state index in [1.54, 1.807) is 12.1 Å². The van der Waals surface area contributed by atoms with Gasteiger partial charge in [0.2, 0.25) is 5.91 Å². The van der Waals surface area contributed by atoms with Crippen molar-refractivity contribution in [2.75, 3.05) is 5.32 Å². The summed E-state index contributed by atoms with van der Waals surface area (Å²) in [6.45, 7) is 3.96. The minimum Gasteiger partial charge on any atom is -0.481 e. The molecule has 5 heteroatoms. The quantitative estimate of drug-likeness (QED) is 0.711. The van der Waals surface area contributed by atoms with E-state index in [9.17, 15) is 9.59 Å². The van der Waals surface area contributed by atoms with Gasteiger partial charge in [-0.15, -0.1) is 0 Å². The maximum Gasteiger partial charge on any atom is 0.303 e. The molecule has 0 radical (unpaired) electrons. The van der Waals surface area contributed by atoms with Crippen LogP contribution in [0.2, 0.25) is 0 Å². The Balaban J connectivity index is 2.48. The second kappa shape index (κ2) is 7.65. The van der Waals surface area contributed by atoms with E-state index in [0.717, 1.165) is 5.56 Å². The smallest absolute Gasteiger partial charge is 0.303 e. The molecule has 4 N–H and O–H groups in total. The second-order valence-corrected chi connectivity index (χ2v) is 5.25. The van der Waals surface area contributed by atoms with Gasteiger partial charge in [0.05, 0.1) is 0 Å². The van der Waals surface area contributed by atoms with Gasteiger partial charge in [0.15, 0.2) is 0 Å². The van der Waals surface area contributed by atoms with Gasteiger partial charge in [0.1, 0.15) is 0 Å². The molecule has 5 nitrogen and oxygen atoms in total. The molecule has 0 aliphatic heterocycles. The Bertz CT molecular complexity index is 455. The maximum absolute atomic E-state index is 11.8. The number of amides is 1. The Morgan fingerprint density at radius 3 is 2.35 bits per heavy atom. The van der Waals surface area contributed by atoms with Crippen molar-refractivity contribution in [3.8, 4) is 0 Å². The van der Waals surface area contributed by atoms with E-state index in [0.29, 0.717) is 18.5 Å². The Morgan fingerprint density at radius 2 is 1.85 bits per heavy atom. The van der Waals surface area contributed by atoms with Gasteiger partial charge in [0, 0.05) is 24.6 Å². The molecule has 0 bridgehead atoms. The van der Waals surface area contributed by atoms with Crippen molar-refractivity contribution in [3.05, 3.63) is 29.8 Å². The summed E-state index contributed by atoms with van der Waals surface area (Å²) in [6.07, 6.45) is 0.884. The Hall–Kier alpha value is -1.88. The standard InChI is InChI=1S/C15H22N2O3/c1-10(2)13(16)9-14(18)17-12-6-3-11(4-7-12)5-8-15(19)20/h3-4,6-7,10,13H,5,8-9,16H2,1-2H3,(H,17,18)(H,19,20). The van der Waals surface area contributed by atoms with E-state index in [4.69, 9.17) is 10.8 Å². The van der Waals surface area contributed by atoms with E-state index in [1.807, 2.05) is 26.0 Å². The van der Waals surface area contributed by atoms with Crippen LogP contribution in [0.15, 0.2) is 24.3 Å². The predicted molar refractivity (Wildman–Crippen MR) is 78.5 cm³/mol. The van der Waals surface area contributed by atoms with Crippen LogP contribution in [0, 0.1) is 5.92 Å². The third kappa shape index (κ3) is 5.84. The van der Waals surface area contributed by atoms with Crippen LogP contribution in [0.3, 0.4) is 0 Å². The van der Waals surface area contributed by atoms with Gasteiger partial charge in [-0.25, -0.2) is 0 Å². The maximum atomic E-state index is 11.8. The van der Waals surface area contributed by atoms with Crippen molar-refractivity contribution >= 4 is 17.6 Å². The highest BCUT2D eigenvalue weighted by atomic mass is 16.4. The summed E-state index contributed by atoms with van der Waals surface area (Å²) in [4.78, 5) is 22.2. The molecule has 20 heavy (non-hydrogen) atoms. The van der Waals surface area contributed by atoms with E-state index < -0.39 is 5.97 Å². The van der Waals surface area contributed by atoms with Crippen LogP contribution in [0.1, 0.15) is 32.3 Å². The van der Waals surface area contributed by atoms with Crippen molar-refractivity contribution in [2.45, 2.75) is 39.2 Å². The summed E-state index contributed by atoms with van der Waals surface area (Å²) >= 11 is 0. The van der Waals surface area contributed by atoms with E-state index in [1.165, 1.54) is 0 Å². The molecule has 0 aliphatic carbocycles. The minimum atomic E-state index is -0.815. The molecule has 1 rings (SSSR count). The molecule has 1 aromatic carbocycles. The van der Waals surface area contributed by atoms with Crippen LogP contribution in [0.5, 0.6) is 0 Å². The largest absolute Gasteiger partial charge is 0.481 e. The highest BCUT2D eigenvalue weighted by Gasteiger charge is 2.12. The first-order valence-corrected chi connectivity index (χ1v) is 6.74. The number of aryl methyl sites for hydroxylation is 1. The summed E-state index contributed by atoms with van der Waals surface area (Å²) in [7, 11) is 0. The topological polar surface area (TPSA) is 92.4 Å². The number of aliphatic carboxylic acids is 1. The highest BCUT2D eigenvalue weighted by molar-refractivity contribution is 5.91. The van der Waals surface area contributed by atoms with Gasteiger partial charge in [0.25, 0.3) is 0 Å². The fourth-order valence-electron chi connectivity index (χ4n) is 1.67. The second-order valence-electron chi connectivity index (χ2n) is 5.25. The summed E-state index contributed by atoms with van der Waals surface area (Å²) in [5.74, 6) is -0.659. The van der Waals surface area contributed by atoms with Crippen molar-refractivity contribution in [2.24, 2.45) is 11.7 Å². The molecule has 0 saturated heterocycles. The molecule has 1 atom stereocenters. The number of carboxylic acids is 1. The molecule has 1 aromatic rings. The highest BCUT2D eigenvalue weighted by Crippen LogP contribution is 2.12. The summed E-state index contributed by atoms with van der Waals surface area (Å²) < 4.78 is 0. The van der Waals surface area contributed by atoms with E-state index >= 15 is 0 Å². The number of nitrogens with one attached hydrogen (secondary N) is 1. The van der Waals surface area contributed by atoms with Gasteiger partial charge in [-0.2, -0.15) is 0 Å². The van der Waals surface area contributed by atoms with Gasteiger partial charge < -0.3 is 16.2 Å². The van der Waals surface area contributed by atoms with Crippen molar-refractivity contribution in [1.82, 2.24) is 0 Å². The third-order valence-corrected chi connectivity index (χ3v) is 3.14. The van der Waals surface area contributed by atoms with Crippen LogP contribution in [-0.2, 0) is 16.0 Å². The molecule has 0 heterocycles. The Morgan fingerprint density at radius 1 is 1.25 bits per heavy atom. The van der Waals surface area contributed by atoms with Gasteiger partial charge in [-0.3, -0.25) is 9.59 Å². The molecular formula is C15H22N2O3. The average molecular weight is 278 g/mol. The first-order chi connectivity index (χ1) is 9.38. The van der Waals surface area contributed by atoms with Gasteiger partial charge in [-0.1, -0.05) is 26.0 Å². The molecule has 0 aliphatic rings. The molecular weight excluding hydrogens is 256 g/mol. The molecule has 0 saturated carbocycles. The number of nitrogens with two attached hydrogens (primary N) is 1. The molecule has 1 unspecified atom stereocenters. The molecule has 0 fully saturated rings. The lowest BCUT2D eigenvalue weighted by Crippen LogP contribution is -2.31. The minimum absolute atomic E-state index is 0.106.